The van der Waals surface area contributed by atoms with Crippen LogP contribution in [0.5, 0.6) is 0 Å². The molecule has 1 fully saturated rings. The van der Waals surface area contributed by atoms with Crippen LogP contribution in [0.25, 0.3) is 11.4 Å². The van der Waals surface area contributed by atoms with Gasteiger partial charge in [0.1, 0.15) is 17.4 Å². The zero-order chi connectivity index (χ0) is 15.7. The number of anilines is 1. The van der Waals surface area contributed by atoms with Gasteiger partial charge in [-0.1, -0.05) is 0 Å². The number of ketones is 1. The molecular weight excluding hydrogens is 281 g/mol. The first-order valence-corrected chi connectivity index (χ1v) is 7.42. The van der Waals surface area contributed by atoms with Crippen LogP contribution >= 0.6 is 0 Å². The van der Waals surface area contributed by atoms with Crippen LogP contribution in [0, 0.1) is 19.7 Å². The van der Waals surface area contributed by atoms with Gasteiger partial charge < -0.3 is 4.90 Å². The van der Waals surface area contributed by atoms with Gasteiger partial charge in [0.05, 0.1) is 0 Å². The van der Waals surface area contributed by atoms with E-state index in [0.29, 0.717) is 37.5 Å². The minimum Gasteiger partial charge on any atom is -0.355 e. The monoisotopic (exact) mass is 299 g/mol. The van der Waals surface area contributed by atoms with Crippen molar-refractivity contribution in [1.82, 2.24) is 9.97 Å². The average molecular weight is 299 g/mol. The number of carbonyl (C=O) groups excluding carboxylic acids is 1. The molecule has 0 spiro atoms. The van der Waals surface area contributed by atoms with Crippen LogP contribution < -0.4 is 4.90 Å². The molecule has 114 valence electrons. The van der Waals surface area contributed by atoms with Crippen molar-refractivity contribution in [1.29, 1.82) is 0 Å². The Morgan fingerprint density at radius 2 is 1.68 bits per heavy atom. The number of aryl methyl sites for hydroxylation is 1. The maximum Gasteiger partial charge on any atom is 0.161 e. The minimum absolute atomic E-state index is 0.276. The van der Waals surface area contributed by atoms with E-state index >= 15 is 0 Å². The number of benzene rings is 1. The van der Waals surface area contributed by atoms with Gasteiger partial charge in [0.15, 0.2) is 5.82 Å². The Morgan fingerprint density at radius 1 is 1.05 bits per heavy atom. The van der Waals surface area contributed by atoms with Gasteiger partial charge in [0, 0.05) is 42.8 Å². The predicted molar refractivity (Wildman–Crippen MR) is 83.4 cm³/mol. The van der Waals surface area contributed by atoms with E-state index in [-0.39, 0.29) is 5.82 Å². The molecule has 0 aliphatic carbocycles. The molecule has 0 radical (unpaired) electrons. The third-order valence-corrected chi connectivity index (χ3v) is 4.09. The minimum atomic E-state index is -0.276. The van der Waals surface area contributed by atoms with Gasteiger partial charge in [0.2, 0.25) is 0 Å². The molecule has 0 amide bonds. The van der Waals surface area contributed by atoms with Crippen LogP contribution in [-0.2, 0) is 4.79 Å². The SMILES string of the molecule is Cc1nc(-c2ccc(F)cc2)nc(N2CCC(=O)CC2)c1C. The number of carbonyl (C=O) groups is 1. The van der Waals surface area contributed by atoms with Crippen LogP contribution in [-0.4, -0.2) is 28.8 Å². The van der Waals surface area contributed by atoms with E-state index in [9.17, 15) is 9.18 Å². The third kappa shape index (κ3) is 2.84. The Kier molecular flexibility index (Phi) is 3.88. The summed E-state index contributed by atoms with van der Waals surface area (Å²) in [6, 6.07) is 6.19. The molecule has 5 heteroatoms. The Hall–Kier alpha value is -2.30. The number of nitrogens with zero attached hydrogens (tertiary/aromatic N) is 3. The lowest BCUT2D eigenvalue weighted by Gasteiger charge is -2.29. The Labute approximate surface area is 129 Å². The summed E-state index contributed by atoms with van der Waals surface area (Å²) in [5.74, 6) is 1.50. The Balaban J connectivity index is 1.99. The normalized spacial score (nSPS) is 15.2. The summed E-state index contributed by atoms with van der Waals surface area (Å²) in [7, 11) is 0. The van der Waals surface area contributed by atoms with Crippen LogP contribution in [0.15, 0.2) is 24.3 Å². The molecule has 0 N–H and O–H groups in total. The number of Topliss-reactive ketones (excluding diaryl/α,β-unsaturated/α-hetero) is 1. The lowest BCUT2D eigenvalue weighted by Crippen LogP contribution is -2.35. The van der Waals surface area contributed by atoms with Gasteiger partial charge in [-0.05, 0) is 38.1 Å². The van der Waals surface area contributed by atoms with Crippen molar-refractivity contribution in [3.63, 3.8) is 0 Å². The Bertz CT molecular complexity index is 703. The van der Waals surface area contributed by atoms with E-state index < -0.39 is 0 Å². The van der Waals surface area contributed by atoms with Crippen LogP contribution in [0.4, 0.5) is 10.2 Å². The van der Waals surface area contributed by atoms with E-state index in [1.807, 2.05) is 13.8 Å². The van der Waals surface area contributed by atoms with E-state index in [1.54, 1.807) is 12.1 Å². The highest BCUT2D eigenvalue weighted by atomic mass is 19.1. The van der Waals surface area contributed by atoms with Gasteiger partial charge in [-0.3, -0.25) is 4.79 Å². The molecule has 0 saturated carbocycles. The van der Waals surface area contributed by atoms with Crippen molar-refractivity contribution in [3.8, 4) is 11.4 Å². The van der Waals surface area contributed by atoms with Crippen molar-refractivity contribution >= 4 is 11.6 Å². The zero-order valence-corrected chi connectivity index (χ0v) is 12.8. The van der Waals surface area contributed by atoms with Crippen molar-refractivity contribution in [3.05, 3.63) is 41.3 Å². The molecule has 1 aromatic carbocycles. The first-order valence-electron chi connectivity index (χ1n) is 7.42. The van der Waals surface area contributed by atoms with Gasteiger partial charge >= 0.3 is 0 Å². The fourth-order valence-corrected chi connectivity index (χ4v) is 2.62. The smallest absolute Gasteiger partial charge is 0.161 e. The van der Waals surface area contributed by atoms with Gasteiger partial charge in [0.25, 0.3) is 0 Å². The summed E-state index contributed by atoms with van der Waals surface area (Å²) in [4.78, 5) is 22.7. The van der Waals surface area contributed by atoms with Gasteiger partial charge in [-0.15, -0.1) is 0 Å². The second kappa shape index (κ2) is 5.83. The maximum absolute atomic E-state index is 13.1. The first kappa shape index (κ1) is 14.6. The summed E-state index contributed by atoms with van der Waals surface area (Å²) in [6.45, 7) is 5.33. The number of halogens is 1. The largest absolute Gasteiger partial charge is 0.355 e. The highest BCUT2D eigenvalue weighted by Gasteiger charge is 2.21. The van der Waals surface area contributed by atoms with Gasteiger partial charge in [-0.2, -0.15) is 0 Å². The lowest BCUT2D eigenvalue weighted by atomic mass is 10.1. The number of piperidine rings is 1. The summed E-state index contributed by atoms with van der Waals surface area (Å²) >= 11 is 0. The fourth-order valence-electron chi connectivity index (χ4n) is 2.62. The van der Waals surface area contributed by atoms with Crippen molar-refractivity contribution in [2.45, 2.75) is 26.7 Å². The highest BCUT2D eigenvalue weighted by Crippen LogP contribution is 2.26. The molecule has 22 heavy (non-hydrogen) atoms. The van der Waals surface area contributed by atoms with E-state index in [2.05, 4.69) is 14.9 Å². The summed E-state index contributed by atoms with van der Waals surface area (Å²) < 4.78 is 13.1. The average Bonchev–Trinajstić information content (AvgIpc) is 2.52. The van der Waals surface area contributed by atoms with Crippen LogP contribution in [0.3, 0.4) is 0 Å². The summed E-state index contributed by atoms with van der Waals surface area (Å²) in [5.41, 5.74) is 2.72. The molecule has 2 aromatic rings. The summed E-state index contributed by atoms with van der Waals surface area (Å²) in [6.07, 6.45) is 1.13. The van der Waals surface area contributed by atoms with Crippen LogP contribution in [0.1, 0.15) is 24.1 Å². The third-order valence-electron chi connectivity index (χ3n) is 4.09. The van der Waals surface area contributed by atoms with Crippen LogP contribution in [0.2, 0.25) is 0 Å². The van der Waals surface area contributed by atoms with E-state index in [4.69, 9.17) is 0 Å². The maximum atomic E-state index is 13.1. The number of hydrogen-bond donors (Lipinski definition) is 0. The first-order chi connectivity index (χ1) is 10.5. The fraction of sp³-hybridized carbons (Fsp3) is 0.353. The molecule has 1 aliphatic rings. The van der Waals surface area contributed by atoms with Crippen molar-refractivity contribution < 1.29 is 9.18 Å². The lowest BCUT2D eigenvalue weighted by molar-refractivity contribution is -0.119. The highest BCUT2D eigenvalue weighted by molar-refractivity contribution is 5.81. The topological polar surface area (TPSA) is 46.1 Å². The molecule has 0 atom stereocenters. The predicted octanol–water partition coefficient (Wildman–Crippen LogP) is 3.07. The number of aromatic nitrogens is 2. The van der Waals surface area contributed by atoms with Crippen molar-refractivity contribution in [2.75, 3.05) is 18.0 Å². The molecule has 4 nitrogen and oxygen atoms in total. The van der Waals surface area contributed by atoms with E-state index in [1.165, 1.54) is 12.1 Å². The number of hydrogen-bond acceptors (Lipinski definition) is 4. The second-order valence-electron chi connectivity index (χ2n) is 5.61. The molecule has 0 bridgehead atoms. The molecule has 1 saturated heterocycles. The standard InChI is InChI=1S/C17H18FN3O/c1-11-12(2)19-16(13-3-5-14(18)6-4-13)20-17(11)21-9-7-15(22)8-10-21/h3-6H,7-10H2,1-2H3. The van der Waals surface area contributed by atoms with Gasteiger partial charge in [-0.25, -0.2) is 14.4 Å². The zero-order valence-electron chi connectivity index (χ0n) is 12.8. The second-order valence-corrected chi connectivity index (χ2v) is 5.61. The molecular formula is C17H18FN3O. The molecule has 2 heterocycles. The molecule has 1 aromatic heterocycles. The molecule has 1 aliphatic heterocycles. The summed E-state index contributed by atoms with van der Waals surface area (Å²) in [5, 5.41) is 0. The Morgan fingerprint density at radius 3 is 2.32 bits per heavy atom. The quantitative estimate of drug-likeness (QED) is 0.855. The molecule has 3 rings (SSSR count). The molecule has 0 unspecified atom stereocenters. The number of rotatable bonds is 2. The van der Waals surface area contributed by atoms with E-state index in [0.717, 1.165) is 22.6 Å². The van der Waals surface area contributed by atoms with Crippen molar-refractivity contribution in [2.24, 2.45) is 0 Å².